The molecule has 0 spiro atoms. The van der Waals surface area contributed by atoms with E-state index < -0.39 is 0 Å². The maximum atomic E-state index is 9.70. The minimum absolute atomic E-state index is 0.269. The first-order valence-corrected chi connectivity index (χ1v) is 5.67. The number of aliphatic hydroxyl groups is 1. The van der Waals surface area contributed by atoms with Crippen molar-refractivity contribution in [3.8, 4) is 0 Å². The molecule has 1 unspecified atom stereocenters. The van der Waals surface area contributed by atoms with Crippen molar-refractivity contribution in [3.63, 3.8) is 0 Å². The molecule has 0 aliphatic heterocycles. The predicted octanol–water partition coefficient (Wildman–Crippen LogP) is 2.05. The van der Waals surface area contributed by atoms with Gasteiger partial charge < -0.3 is 5.11 Å². The van der Waals surface area contributed by atoms with Crippen molar-refractivity contribution in [1.29, 1.82) is 0 Å². The van der Waals surface area contributed by atoms with Gasteiger partial charge in [-0.2, -0.15) is 0 Å². The third kappa shape index (κ3) is 3.96. The Kier molecular flexibility index (Phi) is 4.69. The normalized spacial score (nSPS) is 12.8. The number of hydrogen-bond donors (Lipinski definition) is 1. The molecule has 0 bridgehead atoms. The van der Waals surface area contributed by atoms with E-state index in [1.54, 1.807) is 0 Å². The second-order valence-corrected chi connectivity index (χ2v) is 3.90. The van der Waals surface area contributed by atoms with E-state index in [9.17, 15) is 5.11 Å². The van der Waals surface area contributed by atoms with Crippen LogP contribution in [0, 0.1) is 6.92 Å². The minimum Gasteiger partial charge on any atom is -0.393 e. The van der Waals surface area contributed by atoms with Crippen molar-refractivity contribution in [2.45, 2.75) is 52.6 Å². The lowest BCUT2D eigenvalue weighted by atomic mass is 10.1. The topological polar surface area (TPSA) is 46.0 Å². The first-order chi connectivity index (χ1) is 7.15. The first kappa shape index (κ1) is 12.1. The predicted molar refractivity (Wildman–Crippen MR) is 60.8 cm³/mol. The maximum Gasteiger partial charge on any atom is 0.125 e. The lowest BCUT2D eigenvalue weighted by Crippen LogP contribution is -2.12. The molecule has 0 radical (unpaired) electrons. The van der Waals surface area contributed by atoms with Gasteiger partial charge in [-0.1, -0.05) is 20.3 Å². The Morgan fingerprint density at radius 1 is 1.27 bits per heavy atom. The fourth-order valence-electron chi connectivity index (χ4n) is 1.66. The summed E-state index contributed by atoms with van der Waals surface area (Å²) >= 11 is 0. The molecule has 0 aliphatic carbocycles. The second-order valence-electron chi connectivity index (χ2n) is 3.90. The van der Waals surface area contributed by atoms with Crippen LogP contribution in [0.4, 0.5) is 0 Å². The van der Waals surface area contributed by atoms with Crippen LogP contribution in [0.2, 0.25) is 0 Å². The van der Waals surface area contributed by atoms with E-state index in [0.29, 0.717) is 6.42 Å². The zero-order valence-electron chi connectivity index (χ0n) is 9.82. The molecule has 1 rings (SSSR count). The van der Waals surface area contributed by atoms with Crippen LogP contribution in [-0.4, -0.2) is 21.2 Å². The third-order valence-electron chi connectivity index (χ3n) is 2.37. The number of nitrogens with zero attached hydrogens (tertiary/aromatic N) is 2. The summed E-state index contributed by atoms with van der Waals surface area (Å²) in [5, 5.41) is 9.70. The summed E-state index contributed by atoms with van der Waals surface area (Å²) in [6.07, 6.45) is 3.13. The number of rotatable bonds is 5. The van der Waals surface area contributed by atoms with Gasteiger partial charge in [0.05, 0.1) is 6.10 Å². The summed E-state index contributed by atoms with van der Waals surface area (Å²) in [5.74, 6) is 0.799. The van der Waals surface area contributed by atoms with Crippen LogP contribution < -0.4 is 0 Å². The Morgan fingerprint density at radius 3 is 2.53 bits per heavy atom. The highest BCUT2D eigenvalue weighted by Gasteiger charge is 2.07. The number of aromatic nitrogens is 2. The van der Waals surface area contributed by atoms with Gasteiger partial charge in [-0.15, -0.1) is 0 Å². The van der Waals surface area contributed by atoms with Gasteiger partial charge in [-0.3, -0.25) is 0 Å². The standard InChI is InChI=1S/C12H20N2O/c1-4-6-12(15)8-11-7-10(5-2)13-9(3)14-11/h7,12,15H,4-6,8H2,1-3H3. The highest BCUT2D eigenvalue weighted by Crippen LogP contribution is 2.08. The summed E-state index contributed by atoms with van der Waals surface area (Å²) in [6.45, 7) is 6.05. The molecule has 1 atom stereocenters. The van der Waals surface area contributed by atoms with E-state index in [0.717, 1.165) is 36.5 Å². The van der Waals surface area contributed by atoms with Gasteiger partial charge in [0, 0.05) is 17.8 Å². The molecule has 1 aromatic rings. The average molecular weight is 208 g/mol. The lowest BCUT2D eigenvalue weighted by molar-refractivity contribution is 0.162. The fraction of sp³-hybridized carbons (Fsp3) is 0.667. The van der Waals surface area contributed by atoms with Gasteiger partial charge in [0.1, 0.15) is 5.82 Å². The highest BCUT2D eigenvalue weighted by atomic mass is 16.3. The SMILES string of the molecule is CCCC(O)Cc1cc(CC)nc(C)n1. The van der Waals surface area contributed by atoms with E-state index in [1.165, 1.54) is 0 Å². The summed E-state index contributed by atoms with van der Waals surface area (Å²) in [4.78, 5) is 8.65. The summed E-state index contributed by atoms with van der Waals surface area (Å²) in [7, 11) is 0. The quantitative estimate of drug-likeness (QED) is 0.805. The van der Waals surface area contributed by atoms with Crippen molar-refractivity contribution < 1.29 is 5.11 Å². The van der Waals surface area contributed by atoms with E-state index in [2.05, 4.69) is 23.8 Å². The molecule has 0 amide bonds. The Hall–Kier alpha value is -0.960. The zero-order valence-corrected chi connectivity index (χ0v) is 9.82. The maximum absolute atomic E-state index is 9.70. The van der Waals surface area contributed by atoms with Gasteiger partial charge in [-0.25, -0.2) is 9.97 Å². The first-order valence-electron chi connectivity index (χ1n) is 5.67. The Bertz CT molecular complexity index is 312. The largest absolute Gasteiger partial charge is 0.393 e. The lowest BCUT2D eigenvalue weighted by Gasteiger charge is -2.09. The zero-order chi connectivity index (χ0) is 11.3. The molecule has 3 heteroatoms. The molecule has 0 fully saturated rings. The van der Waals surface area contributed by atoms with Gasteiger partial charge in [0.25, 0.3) is 0 Å². The van der Waals surface area contributed by atoms with Gasteiger partial charge in [0.15, 0.2) is 0 Å². The molecule has 1 aromatic heterocycles. The van der Waals surface area contributed by atoms with Crippen molar-refractivity contribution in [3.05, 3.63) is 23.3 Å². The fourth-order valence-corrected chi connectivity index (χ4v) is 1.66. The van der Waals surface area contributed by atoms with Crippen molar-refractivity contribution in [2.24, 2.45) is 0 Å². The van der Waals surface area contributed by atoms with E-state index >= 15 is 0 Å². The molecule has 0 saturated carbocycles. The number of hydrogen-bond acceptors (Lipinski definition) is 3. The van der Waals surface area contributed by atoms with Crippen molar-refractivity contribution in [1.82, 2.24) is 9.97 Å². The third-order valence-corrected chi connectivity index (χ3v) is 2.37. The van der Waals surface area contributed by atoms with Gasteiger partial charge >= 0.3 is 0 Å². The van der Waals surface area contributed by atoms with E-state index in [-0.39, 0.29) is 6.10 Å². The Labute approximate surface area is 91.6 Å². The smallest absolute Gasteiger partial charge is 0.125 e. The minimum atomic E-state index is -0.269. The highest BCUT2D eigenvalue weighted by molar-refractivity contribution is 5.11. The van der Waals surface area contributed by atoms with Crippen LogP contribution in [0.15, 0.2) is 6.07 Å². The Balaban J connectivity index is 2.71. The summed E-state index contributed by atoms with van der Waals surface area (Å²) in [5.41, 5.74) is 2.02. The van der Waals surface area contributed by atoms with Crippen molar-refractivity contribution in [2.75, 3.05) is 0 Å². The van der Waals surface area contributed by atoms with Gasteiger partial charge in [0.2, 0.25) is 0 Å². The van der Waals surface area contributed by atoms with Crippen LogP contribution in [0.1, 0.15) is 43.9 Å². The summed E-state index contributed by atoms with van der Waals surface area (Å²) < 4.78 is 0. The number of aliphatic hydroxyl groups excluding tert-OH is 1. The van der Waals surface area contributed by atoms with Gasteiger partial charge in [-0.05, 0) is 25.8 Å². The molecule has 1 heterocycles. The Morgan fingerprint density at radius 2 is 1.93 bits per heavy atom. The van der Waals surface area contributed by atoms with E-state index in [1.807, 2.05) is 13.0 Å². The molecule has 84 valence electrons. The van der Waals surface area contributed by atoms with Crippen molar-refractivity contribution >= 4 is 0 Å². The van der Waals surface area contributed by atoms with E-state index in [4.69, 9.17) is 0 Å². The summed E-state index contributed by atoms with van der Waals surface area (Å²) in [6, 6.07) is 1.99. The van der Waals surface area contributed by atoms with Crippen LogP contribution in [-0.2, 0) is 12.8 Å². The molecule has 0 aliphatic rings. The second kappa shape index (κ2) is 5.81. The average Bonchev–Trinajstić information content (AvgIpc) is 2.17. The molecular weight excluding hydrogens is 188 g/mol. The van der Waals surface area contributed by atoms with Crippen LogP contribution in [0.3, 0.4) is 0 Å². The molecule has 0 saturated heterocycles. The van der Waals surface area contributed by atoms with Crippen LogP contribution in [0.25, 0.3) is 0 Å². The monoisotopic (exact) mass is 208 g/mol. The number of aryl methyl sites for hydroxylation is 2. The molecule has 1 N–H and O–H groups in total. The van der Waals surface area contributed by atoms with Crippen LogP contribution >= 0.6 is 0 Å². The molecular formula is C12H20N2O. The molecule has 15 heavy (non-hydrogen) atoms. The molecule has 0 aromatic carbocycles. The van der Waals surface area contributed by atoms with Crippen LogP contribution in [0.5, 0.6) is 0 Å². The molecule has 3 nitrogen and oxygen atoms in total.